The van der Waals surface area contributed by atoms with Crippen LogP contribution in [0.3, 0.4) is 0 Å². The minimum absolute atomic E-state index is 0.0439. The van der Waals surface area contributed by atoms with Crippen LogP contribution in [0.1, 0.15) is 39.3 Å². The summed E-state index contributed by atoms with van der Waals surface area (Å²) in [5, 5.41) is 4.95. The van der Waals surface area contributed by atoms with Gasteiger partial charge in [-0.1, -0.05) is 43.3 Å². The molecule has 3 nitrogen and oxygen atoms in total. The van der Waals surface area contributed by atoms with Crippen molar-refractivity contribution in [3.63, 3.8) is 0 Å². The molecule has 0 aliphatic rings. The average Bonchev–Trinajstić information content (AvgIpc) is 3.20. The topological polar surface area (TPSA) is 38.3 Å². The molecular weight excluding hydrogens is 368 g/mol. The van der Waals surface area contributed by atoms with Gasteiger partial charge in [-0.25, -0.2) is 0 Å². The van der Waals surface area contributed by atoms with E-state index < -0.39 is 6.61 Å². The molecule has 0 radical (unpaired) electrons. The summed E-state index contributed by atoms with van der Waals surface area (Å²) < 4.78 is 29.2. The van der Waals surface area contributed by atoms with Gasteiger partial charge >= 0.3 is 6.61 Å². The second kappa shape index (κ2) is 8.77. The molecule has 27 heavy (non-hydrogen) atoms. The molecule has 3 aromatic rings. The third kappa shape index (κ3) is 4.92. The largest absolute Gasteiger partial charge is 0.435 e. The Morgan fingerprint density at radius 3 is 2.52 bits per heavy atom. The van der Waals surface area contributed by atoms with E-state index in [0.29, 0.717) is 0 Å². The van der Waals surface area contributed by atoms with Crippen LogP contribution in [-0.4, -0.2) is 12.5 Å². The Bertz CT molecular complexity index is 879. The molecule has 140 valence electrons. The molecule has 1 N–H and O–H groups in total. The third-order valence-corrected chi connectivity index (χ3v) is 5.08. The molecule has 1 aromatic heterocycles. The highest BCUT2D eigenvalue weighted by atomic mass is 32.1. The van der Waals surface area contributed by atoms with Crippen LogP contribution >= 0.6 is 11.3 Å². The number of rotatable bonds is 7. The van der Waals surface area contributed by atoms with Gasteiger partial charge in [-0.2, -0.15) is 8.78 Å². The maximum Gasteiger partial charge on any atom is 0.387 e. The minimum atomic E-state index is -2.93. The molecule has 1 heterocycles. The van der Waals surface area contributed by atoms with Crippen molar-refractivity contribution in [2.45, 2.75) is 26.0 Å². The van der Waals surface area contributed by atoms with Crippen LogP contribution in [-0.2, 0) is 6.42 Å². The Balaban J connectivity index is 1.85. The Hall–Kier alpha value is -2.73. The van der Waals surface area contributed by atoms with Crippen molar-refractivity contribution < 1.29 is 18.3 Å². The number of carbonyl (C=O) groups is 1. The predicted molar refractivity (Wildman–Crippen MR) is 103 cm³/mol. The lowest BCUT2D eigenvalue weighted by molar-refractivity contribution is -0.0498. The van der Waals surface area contributed by atoms with Crippen LogP contribution in [0.4, 0.5) is 8.78 Å². The van der Waals surface area contributed by atoms with Gasteiger partial charge in [0.2, 0.25) is 0 Å². The summed E-state index contributed by atoms with van der Waals surface area (Å²) in [5.74, 6) is -0.398. The number of nitrogens with one attached hydrogen (secondary N) is 1. The Morgan fingerprint density at radius 2 is 1.89 bits per heavy atom. The lowest BCUT2D eigenvalue weighted by atomic mass is 10.0. The zero-order valence-corrected chi connectivity index (χ0v) is 15.5. The number of thiophene rings is 1. The summed E-state index contributed by atoms with van der Waals surface area (Å²) in [7, 11) is 0. The summed E-state index contributed by atoms with van der Waals surface area (Å²) in [6.07, 6.45) is 0.938. The first-order valence-electron chi connectivity index (χ1n) is 8.54. The SMILES string of the molecule is CCc1ccc([C@@H](NC(=O)c2cccc(OC(F)F)c2)c2cccs2)cc1. The van der Waals surface area contributed by atoms with Gasteiger partial charge in [-0.15, -0.1) is 11.3 Å². The predicted octanol–water partition coefficient (Wildman–Crippen LogP) is 5.43. The van der Waals surface area contributed by atoms with Crippen molar-refractivity contribution in [2.75, 3.05) is 0 Å². The first kappa shape index (κ1) is 19.0. The second-order valence-corrected chi connectivity index (χ2v) is 6.90. The monoisotopic (exact) mass is 387 g/mol. The smallest absolute Gasteiger partial charge is 0.387 e. The van der Waals surface area contributed by atoms with Gasteiger partial charge in [0, 0.05) is 10.4 Å². The summed E-state index contributed by atoms with van der Waals surface area (Å²) in [6, 6.07) is 17.4. The van der Waals surface area contributed by atoms with Crippen molar-refractivity contribution in [1.29, 1.82) is 0 Å². The van der Waals surface area contributed by atoms with Crippen molar-refractivity contribution in [3.05, 3.63) is 87.6 Å². The molecule has 0 fully saturated rings. The molecule has 0 spiro atoms. The normalized spacial score (nSPS) is 12.0. The van der Waals surface area contributed by atoms with E-state index in [4.69, 9.17) is 0 Å². The maximum absolute atomic E-state index is 12.7. The van der Waals surface area contributed by atoms with Crippen LogP contribution in [0.2, 0.25) is 0 Å². The molecule has 1 atom stereocenters. The van der Waals surface area contributed by atoms with E-state index in [9.17, 15) is 13.6 Å². The van der Waals surface area contributed by atoms with Gasteiger partial charge < -0.3 is 10.1 Å². The van der Waals surface area contributed by atoms with Gasteiger partial charge in [-0.05, 0) is 47.2 Å². The summed E-state index contributed by atoms with van der Waals surface area (Å²) in [5.41, 5.74) is 2.44. The van der Waals surface area contributed by atoms with E-state index in [1.807, 2.05) is 41.8 Å². The number of hydrogen-bond donors (Lipinski definition) is 1. The van der Waals surface area contributed by atoms with E-state index in [0.717, 1.165) is 16.9 Å². The highest BCUT2D eigenvalue weighted by Crippen LogP contribution is 2.27. The van der Waals surface area contributed by atoms with Crippen molar-refractivity contribution in [2.24, 2.45) is 0 Å². The number of carbonyl (C=O) groups excluding carboxylic acids is 1. The fourth-order valence-corrected chi connectivity index (χ4v) is 3.55. The van der Waals surface area contributed by atoms with Gasteiger partial charge in [0.15, 0.2) is 0 Å². The number of amides is 1. The number of hydrogen-bond acceptors (Lipinski definition) is 3. The van der Waals surface area contributed by atoms with Crippen LogP contribution in [0.25, 0.3) is 0 Å². The quantitative estimate of drug-likeness (QED) is 0.587. The fourth-order valence-electron chi connectivity index (χ4n) is 2.75. The second-order valence-electron chi connectivity index (χ2n) is 5.92. The van der Waals surface area contributed by atoms with Crippen LogP contribution in [0.15, 0.2) is 66.0 Å². The van der Waals surface area contributed by atoms with E-state index in [2.05, 4.69) is 17.0 Å². The molecule has 1 amide bonds. The van der Waals surface area contributed by atoms with Gasteiger partial charge in [0.25, 0.3) is 5.91 Å². The first-order chi connectivity index (χ1) is 13.1. The Labute approximate surface area is 160 Å². The highest BCUT2D eigenvalue weighted by molar-refractivity contribution is 7.10. The molecule has 0 saturated carbocycles. The molecule has 0 saturated heterocycles. The number of aryl methyl sites for hydroxylation is 1. The molecular formula is C21H19F2NO2S. The van der Waals surface area contributed by atoms with Crippen LogP contribution in [0, 0.1) is 0 Å². The van der Waals surface area contributed by atoms with Crippen molar-refractivity contribution in [1.82, 2.24) is 5.32 Å². The fraction of sp³-hybridized carbons (Fsp3) is 0.190. The molecule has 0 unspecified atom stereocenters. The summed E-state index contributed by atoms with van der Waals surface area (Å²) in [4.78, 5) is 13.7. The number of ether oxygens (including phenoxy) is 1. The molecule has 2 aromatic carbocycles. The van der Waals surface area contributed by atoms with E-state index >= 15 is 0 Å². The number of alkyl halides is 2. The van der Waals surface area contributed by atoms with E-state index in [1.165, 1.54) is 23.8 Å². The standard InChI is InChI=1S/C21H19F2NO2S/c1-2-14-8-10-15(11-9-14)19(18-7-4-12-27-18)24-20(25)16-5-3-6-17(13-16)26-21(22)23/h3-13,19,21H,2H2,1H3,(H,24,25)/t19-/m1/s1. The zero-order valence-electron chi connectivity index (χ0n) is 14.7. The van der Waals surface area contributed by atoms with Crippen LogP contribution < -0.4 is 10.1 Å². The van der Waals surface area contributed by atoms with Gasteiger partial charge in [0.1, 0.15) is 5.75 Å². The number of halogens is 2. The van der Waals surface area contributed by atoms with E-state index in [-0.39, 0.29) is 23.3 Å². The molecule has 6 heteroatoms. The highest BCUT2D eigenvalue weighted by Gasteiger charge is 2.19. The minimum Gasteiger partial charge on any atom is -0.435 e. The van der Waals surface area contributed by atoms with Gasteiger partial charge in [0.05, 0.1) is 6.04 Å². The molecule has 0 aliphatic heterocycles. The van der Waals surface area contributed by atoms with Gasteiger partial charge in [-0.3, -0.25) is 4.79 Å². The lowest BCUT2D eigenvalue weighted by Crippen LogP contribution is -2.28. The Morgan fingerprint density at radius 1 is 1.11 bits per heavy atom. The van der Waals surface area contributed by atoms with Crippen molar-refractivity contribution >= 4 is 17.2 Å². The average molecular weight is 387 g/mol. The molecule has 0 aliphatic carbocycles. The third-order valence-electron chi connectivity index (χ3n) is 4.15. The van der Waals surface area contributed by atoms with Crippen LogP contribution in [0.5, 0.6) is 5.75 Å². The number of benzene rings is 2. The lowest BCUT2D eigenvalue weighted by Gasteiger charge is -2.19. The van der Waals surface area contributed by atoms with Crippen molar-refractivity contribution in [3.8, 4) is 5.75 Å². The summed E-state index contributed by atoms with van der Waals surface area (Å²) >= 11 is 1.55. The zero-order chi connectivity index (χ0) is 19.2. The van der Waals surface area contributed by atoms with E-state index in [1.54, 1.807) is 17.4 Å². The summed E-state index contributed by atoms with van der Waals surface area (Å²) in [6.45, 7) is -0.846. The molecule has 0 bridgehead atoms. The molecule has 3 rings (SSSR count). The maximum atomic E-state index is 12.7. The Kier molecular flexibility index (Phi) is 6.19. The first-order valence-corrected chi connectivity index (χ1v) is 9.42.